The molecule has 17 heavy (non-hydrogen) atoms. The average molecular weight is 232 g/mol. The van der Waals surface area contributed by atoms with Gasteiger partial charge in [-0.1, -0.05) is 23.3 Å². The quantitative estimate of drug-likeness (QED) is 0.470. The van der Waals surface area contributed by atoms with Gasteiger partial charge in [-0.3, -0.25) is 0 Å². The Balaban J connectivity index is 2.30. The summed E-state index contributed by atoms with van der Waals surface area (Å²) >= 11 is 0. The molecular formula is C15H20O2. The Morgan fingerprint density at radius 3 is 2.71 bits per heavy atom. The van der Waals surface area contributed by atoms with Crippen molar-refractivity contribution >= 4 is 5.97 Å². The maximum atomic E-state index is 11.6. The lowest BCUT2D eigenvalue weighted by Gasteiger charge is -2.15. The van der Waals surface area contributed by atoms with Crippen LogP contribution in [-0.2, 0) is 9.53 Å². The molecule has 2 heteroatoms. The van der Waals surface area contributed by atoms with Crippen LogP contribution in [0.3, 0.4) is 0 Å². The molecule has 0 aromatic carbocycles. The van der Waals surface area contributed by atoms with Gasteiger partial charge in [0.2, 0.25) is 0 Å². The van der Waals surface area contributed by atoms with E-state index in [2.05, 4.69) is 26.0 Å². The third-order valence-electron chi connectivity index (χ3n) is 3.64. The smallest absolute Gasteiger partial charge is 0.334 e. The van der Waals surface area contributed by atoms with Crippen LogP contribution in [0.4, 0.5) is 0 Å². The number of allylic oxidation sites excluding steroid dienone is 3. The zero-order valence-corrected chi connectivity index (χ0v) is 10.9. The van der Waals surface area contributed by atoms with Gasteiger partial charge >= 0.3 is 5.97 Å². The van der Waals surface area contributed by atoms with Crippen molar-refractivity contribution in [3.05, 3.63) is 34.4 Å². The minimum Gasteiger partial charge on any atom is -0.454 e. The fraction of sp³-hybridized carbons (Fsp3) is 0.533. The summed E-state index contributed by atoms with van der Waals surface area (Å²) in [4.78, 5) is 11.6. The van der Waals surface area contributed by atoms with Crippen LogP contribution in [0, 0.1) is 0 Å². The number of esters is 1. The number of fused-ring (bicyclic) bond motifs is 1. The Morgan fingerprint density at radius 1 is 1.18 bits per heavy atom. The molecule has 2 rings (SSSR count). The summed E-state index contributed by atoms with van der Waals surface area (Å²) in [7, 11) is 0. The number of carbonyl (C=O) groups is 1. The third kappa shape index (κ3) is 2.68. The standard InChI is InChI=1S/C15H20O2/c1-10-5-4-6-11(2)9-14-13(8-7-10)12(3)15(16)17-14/h6-7,14H,4-5,8-9H2,1-3H3/b10-7-,11-6+. The van der Waals surface area contributed by atoms with Gasteiger partial charge in [0.1, 0.15) is 6.10 Å². The summed E-state index contributed by atoms with van der Waals surface area (Å²) < 4.78 is 5.43. The molecule has 0 amide bonds. The second-order valence-corrected chi connectivity index (χ2v) is 5.09. The molecule has 2 aliphatic rings. The molecule has 0 aromatic rings. The van der Waals surface area contributed by atoms with Gasteiger partial charge in [-0.15, -0.1) is 0 Å². The number of ether oxygens (including phenoxy) is 1. The minimum absolute atomic E-state index is 0.0269. The fourth-order valence-electron chi connectivity index (χ4n) is 2.42. The monoisotopic (exact) mass is 232 g/mol. The van der Waals surface area contributed by atoms with Crippen LogP contribution < -0.4 is 0 Å². The molecule has 1 atom stereocenters. The molecule has 0 saturated carbocycles. The Labute approximate surface area is 103 Å². The molecule has 1 unspecified atom stereocenters. The molecule has 1 aliphatic carbocycles. The zero-order chi connectivity index (χ0) is 12.4. The van der Waals surface area contributed by atoms with Gasteiger partial charge in [-0.05, 0) is 45.6 Å². The van der Waals surface area contributed by atoms with E-state index in [-0.39, 0.29) is 12.1 Å². The van der Waals surface area contributed by atoms with Crippen molar-refractivity contribution in [1.82, 2.24) is 0 Å². The van der Waals surface area contributed by atoms with Gasteiger partial charge in [0.25, 0.3) is 0 Å². The van der Waals surface area contributed by atoms with Crippen molar-refractivity contribution in [3.63, 3.8) is 0 Å². The lowest BCUT2D eigenvalue weighted by Crippen LogP contribution is -2.12. The van der Waals surface area contributed by atoms with Gasteiger partial charge in [-0.2, -0.15) is 0 Å². The summed E-state index contributed by atoms with van der Waals surface area (Å²) in [6.07, 6.45) is 8.40. The van der Waals surface area contributed by atoms with Crippen molar-refractivity contribution in [2.24, 2.45) is 0 Å². The first-order valence-corrected chi connectivity index (χ1v) is 6.30. The lowest BCUT2D eigenvalue weighted by molar-refractivity contribution is -0.139. The van der Waals surface area contributed by atoms with E-state index in [1.54, 1.807) is 0 Å². The number of rotatable bonds is 0. The van der Waals surface area contributed by atoms with E-state index >= 15 is 0 Å². The van der Waals surface area contributed by atoms with Crippen LogP contribution in [0.15, 0.2) is 34.4 Å². The predicted octanol–water partition coefficient (Wildman–Crippen LogP) is 3.69. The molecular weight excluding hydrogens is 212 g/mol. The molecule has 0 spiro atoms. The van der Waals surface area contributed by atoms with Crippen molar-refractivity contribution in [2.45, 2.75) is 52.6 Å². The van der Waals surface area contributed by atoms with Crippen molar-refractivity contribution in [3.8, 4) is 0 Å². The maximum absolute atomic E-state index is 11.6. The summed E-state index contributed by atoms with van der Waals surface area (Å²) in [5, 5.41) is 0. The highest BCUT2D eigenvalue weighted by Gasteiger charge is 2.30. The van der Waals surface area contributed by atoms with Crippen LogP contribution in [0.5, 0.6) is 0 Å². The topological polar surface area (TPSA) is 26.3 Å². The highest BCUT2D eigenvalue weighted by molar-refractivity contribution is 5.91. The Morgan fingerprint density at radius 2 is 1.94 bits per heavy atom. The van der Waals surface area contributed by atoms with Crippen LogP contribution in [0.25, 0.3) is 0 Å². The van der Waals surface area contributed by atoms with Crippen LogP contribution in [-0.4, -0.2) is 12.1 Å². The first-order valence-electron chi connectivity index (χ1n) is 6.30. The highest BCUT2D eigenvalue weighted by Crippen LogP contribution is 2.31. The van der Waals surface area contributed by atoms with Gasteiger partial charge in [0.05, 0.1) is 0 Å². The summed E-state index contributed by atoms with van der Waals surface area (Å²) in [6.45, 7) is 6.17. The number of carbonyl (C=O) groups excluding carboxylic acids is 1. The molecule has 1 aliphatic heterocycles. The highest BCUT2D eigenvalue weighted by atomic mass is 16.5. The molecule has 92 valence electrons. The molecule has 0 saturated heterocycles. The normalized spacial score (nSPS) is 32.2. The average Bonchev–Trinajstić information content (AvgIpc) is 2.52. The van der Waals surface area contributed by atoms with E-state index in [4.69, 9.17) is 4.74 Å². The molecule has 2 nitrogen and oxygen atoms in total. The van der Waals surface area contributed by atoms with Crippen molar-refractivity contribution in [2.75, 3.05) is 0 Å². The van der Waals surface area contributed by atoms with E-state index in [1.165, 1.54) is 16.7 Å². The minimum atomic E-state index is -0.136. The van der Waals surface area contributed by atoms with Gasteiger partial charge in [0, 0.05) is 12.0 Å². The predicted molar refractivity (Wildman–Crippen MR) is 68.6 cm³/mol. The van der Waals surface area contributed by atoms with Crippen LogP contribution >= 0.6 is 0 Å². The van der Waals surface area contributed by atoms with Crippen molar-refractivity contribution in [1.29, 1.82) is 0 Å². The zero-order valence-electron chi connectivity index (χ0n) is 10.9. The largest absolute Gasteiger partial charge is 0.454 e. The van der Waals surface area contributed by atoms with E-state index in [0.29, 0.717) is 0 Å². The SMILES string of the molecule is CC1=C2C/C=C(/C)CC/C=C(\C)CC2OC1=O. The molecule has 0 N–H and O–H groups in total. The van der Waals surface area contributed by atoms with Gasteiger partial charge in [0.15, 0.2) is 0 Å². The second kappa shape index (κ2) is 4.91. The Hall–Kier alpha value is -1.31. The summed E-state index contributed by atoms with van der Waals surface area (Å²) in [5.74, 6) is -0.136. The molecule has 0 radical (unpaired) electrons. The summed E-state index contributed by atoms with van der Waals surface area (Å²) in [5.41, 5.74) is 4.70. The molecule has 0 bridgehead atoms. The van der Waals surface area contributed by atoms with Gasteiger partial charge < -0.3 is 4.74 Å². The van der Waals surface area contributed by atoms with E-state index in [0.717, 1.165) is 31.3 Å². The second-order valence-electron chi connectivity index (χ2n) is 5.09. The molecule has 0 fully saturated rings. The first-order chi connectivity index (χ1) is 8.08. The maximum Gasteiger partial charge on any atom is 0.334 e. The molecule has 0 aromatic heterocycles. The number of hydrogen-bond acceptors (Lipinski definition) is 2. The van der Waals surface area contributed by atoms with Crippen LogP contribution in [0.2, 0.25) is 0 Å². The van der Waals surface area contributed by atoms with E-state index in [9.17, 15) is 4.79 Å². The lowest BCUT2D eigenvalue weighted by atomic mass is 9.94. The number of hydrogen-bond donors (Lipinski definition) is 0. The van der Waals surface area contributed by atoms with Crippen molar-refractivity contribution < 1.29 is 9.53 Å². The molecule has 1 heterocycles. The van der Waals surface area contributed by atoms with E-state index < -0.39 is 0 Å². The van der Waals surface area contributed by atoms with Crippen LogP contribution in [0.1, 0.15) is 46.5 Å². The van der Waals surface area contributed by atoms with E-state index in [1.807, 2.05) is 6.92 Å². The Kier molecular flexibility index (Phi) is 3.51. The van der Waals surface area contributed by atoms with Gasteiger partial charge in [-0.25, -0.2) is 4.79 Å². The Bertz CT molecular complexity index is 424. The summed E-state index contributed by atoms with van der Waals surface area (Å²) in [6, 6.07) is 0. The third-order valence-corrected chi connectivity index (χ3v) is 3.64. The first kappa shape index (κ1) is 12.2. The fourth-order valence-corrected chi connectivity index (χ4v) is 2.42.